The van der Waals surface area contributed by atoms with Crippen LogP contribution in [0.1, 0.15) is 65.0 Å². The molecule has 1 aliphatic rings. The van der Waals surface area contributed by atoms with Crippen LogP contribution in [0.2, 0.25) is 0 Å². The molecule has 25 heavy (non-hydrogen) atoms. The SMILES string of the molecule is CC(C)(C)OC(=O)Cc1ccc([C@@H]2C[C@H]2NC(=O)OC(C)(C)C)cc1. The largest absolute Gasteiger partial charge is 0.460 e. The van der Waals surface area contributed by atoms with Crippen molar-refractivity contribution in [1.29, 1.82) is 0 Å². The van der Waals surface area contributed by atoms with Crippen molar-refractivity contribution in [2.75, 3.05) is 0 Å². The zero-order valence-electron chi connectivity index (χ0n) is 16.0. The molecule has 0 aliphatic heterocycles. The Morgan fingerprint density at radius 1 is 1.00 bits per heavy atom. The highest BCUT2D eigenvalue weighted by Crippen LogP contribution is 2.41. The molecule has 0 aromatic heterocycles. The molecule has 1 aromatic rings. The van der Waals surface area contributed by atoms with Crippen LogP contribution in [0.25, 0.3) is 0 Å². The van der Waals surface area contributed by atoms with Gasteiger partial charge in [0.2, 0.25) is 0 Å². The van der Waals surface area contributed by atoms with Crippen LogP contribution >= 0.6 is 0 Å². The van der Waals surface area contributed by atoms with Gasteiger partial charge in [0.1, 0.15) is 11.2 Å². The maximum Gasteiger partial charge on any atom is 0.407 e. The lowest BCUT2D eigenvalue weighted by Gasteiger charge is -2.20. The van der Waals surface area contributed by atoms with E-state index in [0.29, 0.717) is 5.92 Å². The minimum absolute atomic E-state index is 0.117. The number of rotatable bonds is 4. The van der Waals surface area contributed by atoms with E-state index < -0.39 is 11.2 Å². The first kappa shape index (κ1) is 19.3. The first-order valence-corrected chi connectivity index (χ1v) is 8.73. The van der Waals surface area contributed by atoms with Crippen molar-refractivity contribution in [3.8, 4) is 0 Å². The van der Waals surface area contributed by atoms with E-state index in [1.54, 1.807) is 0 Å². The Morgan fingerprint density at radius 3 is 2.08 bits per heavy atom. The zero-order valence-corrected chi connectivity index (χ0v) is 16.0. The van der Waals surface area contributed by atoms with E-state index in [1.807, 2.05) is 65.8 Å². The molecule has 5 nitrogen and oxygen atoms in total. The van der Waals surface area contributed by atoms with Gasteiger partial charge >= 0.3 is 12.1 Å². The predicted octanol–water partition coefficient (Wildman–Crippen LogP) is 3.95. The van der Waals surface area contributed by atoms with Gasteiger partial charge in [-0.3, -0.25) is 4.79 Å². The van der Waals surface area contributed by atoms with Crippen LogP contribution in [-0.2, 0) is 20.7 Å². The third-order valence-electron chi connectivity index (χ3n) is 3.67. The molecule has 1 aliphatic carbocycles. The van der Waals surface area contributed by atoms with Crippen LogP contribution < -0.4 is 5.32 Å². The molecule has 1 aromatic carbocycles. The lowest BCUT2D eigenvalue weighted by molar-refractivity contribution is -0.153. The van der Waals surface area contributed by atoms with Crippen molar-refractivity contribution in [1.82, 2.24) is 5.32 Å². The highest BCUT2D eigenvalue weighted by Gasteiger charge is 2.40. The number of alkyl carbamates (subject to hydrolysis) is 1. The van der Waals surface area contributed by atoms with Crippen molar-refractivity contribution >= 4 is 12.1 Å². The van der Waals surface area contributed by atoms with Crippen molar-refractivity contribution in [3.05, 3.63) is 35.4 Å². The van der Waals surface area contributed by atoms with Crippen LogP contribution in [-0.4, -0.2) is 29.3 Å². The van der Waals surface area contributed by atoms with E-state index in [4.69, 9.17) is 9.47 Å². The Labute approximate surface area is 150 Å². The molecule has 138 valence electrons. The zero-order chi connectivity index (χ0) is 18.8. The molecule has 2 rings (SSSR count). The summed E-state index contributed by atoms with van der Waals surface area (Å²) in [6, 6.07) is 8.04. The summed E-state index contributed by atoms with van der Waals surface area (Å²) < 4.78 is 10.6. The topological polar surface area (TPSA) is 64.6 Å². The normalized spacial score (nSPS) is 19.9. The molecule has 5 heteroatoms. The number of hydrogen-bond donors (Lipinski definition) is 1. The summed E-state index contributed by atoms with van der Waals surface area (Å²) in [5.41, 5.74) is 1.13. The van der Waals surface area contributed by atoms with E-state index in [0.717, 1.165) is 17.5 Å². The van der Waals surface area contributed by atoms with Crippen LogP contribution in [0.4, 0.5) is 4.79 Å². The number of hydrogen-bond acceptors (Lipinski definition) is 4. The smallest absolute Gasteiger partial charge is 0.407 e. The summed E-state index contributed by atoms with van der Waals surface area (Å²) >= 11 is 0. The molecule has 0 unspecified atom stereocenters. The van der Waals surface area contributed by atoms with Gasteiger partial charge in [0.15, 0.2) is 0 Å². The molecule has 0 saturated heterocycles. The second kappa shape index (κ2) is 7.06. The van der Waals surface area contributed by atoms with Crippen molar-refractivity contribution < 1.29 is 19.1 Å². The van der Waals surface area contributed by atoms with Gasteiger partial charge in [-0.25, -0.2) is 4.79 Å². The summed E-state index contributed by atoms with van der Waals surface area (Å²) in [4.78, 5) is 23.7. The van der Waals surface area contributed by atoms with Crippen LogP contribution in [0, 0.1) is 0 Å². The fraction of sp³-hybridized carbons (Fsp3) is 0.600. The van der Waals surface area contributed by atoms with Gasteiger partial charge in [-0.1, -0.05) is 24.3 Å². The monoisotopic (exact) mass is 347 g/mol. The van der Waals surface area contributed by atoms with Crippen LogP contribution in [0.15, 0.2) is 24.3 Å². The Hall–Kier alpha value is -2.04. The minimum atomic E-state index is -0.488. The number of esters is 1. The number of benzene rings is 1. The molecule has 1 fully saturated rings. The Balaban J connectivity index is 1.83. The molecular weight excluding hydrogens is 318 g/mol. The Morgan fingerprint density at radius 2 is 1.56 bits per heavy atom. The average molecular weight is 347 g/mol. The fourth-order valence-corrected chi connectivity index (χ4v) is 2.61. The Bertz CT molecular complexity index is 623. The molecule has 0 radical (unpaired) electrons. The molecule has 1 saturated carbocycles. The number of carbonyl (C=O) groups is 2. The van der Waals surface area contributed by atoms with E-state index in [9.17, 15) is 9.59 Å². The third-order valence-corrected chi connectivity index (χ3v) is 3.67. The van der Waals surface area contributed by atoms with E-state index in [1.165, 1.54) is 0 Å². The maximum absolute atomic E-state index is 11.9. The predicted molar refractivity (Wildman–Crippen MR) is 96.5 cm³/mol. The molecular formula is C20H29NO4. The van der Waals surface area contributed by atoms with Gasteiger partial charge in [-0.2, -0.15) is 0 Å². The van der Waals surface area contributed by atoms with Gasteiger partial charge in [-0.15, -0.1) is 0 Å². The second-order valence-corrected chi connectivity index (χ2v) is 8.60. The first-order valence-electron chi connectivity index (χ1n) is 8.73. The summed E-state index contributed by atoms with van der Waals surface area (Å²) in [6.45, 7) is 11.1. The minimum Gasteiger partial charge on any atom is -0.460 e. The van der Waals surface area contributed by atoms with Crippen LogP contribution in [0.5, 0.6) is 0 Å². The molecule has 1 N–H and O–H groups in total. The first-order chi connectivity index (χ1) is 11.4. The molecule has 1 amide bonds. The molecule has 0 bridgehead atoms. The van der Waals surface area contributed by atoms with E-state index in [-0.39, 0.29) is 24.5 Å². The summed E-state index contributed by atoms with van der Waals surface area (Å²) in [5.74, 6) is 0.0826. The van der Waals surface area contributed by atoms with Crippen LogP contribution in [0.3, 0.4) is 0 Å². The summed E-state index contributed by atoms with van der Waals surface area (Å²) in [7, 11) is 0. The lowest BCUT2D eigenvalue weighted by Crippen LogP contribution is -2.34. The van der Waals surface area contributed by atoms with Gasteiger partial charge in [0.05, 0.1) is 6.42 Å². The molecule has 0 heterocycles. The number of amides is 1. The highest BCUT2D eigenvalue weighted by molar-refractivity contribution is 5.73. The van der Waals surface area contributed by atoms with Crippen molar-refractivity contribution in [3.63, 3.8) is 0 Å². The quantitative estimate of drug-likeness (QED) is 0.838. The number of nitrogens with one attached hydrogen (secondary N) is 1. The third kappa shape index (κ3) is 6.77. The van der Waals surface area contributed by atoms with Gasteiger partial charge in [-0.05, 0) is 59.1 Å². The maximum atomic E-state index is 11.9. The fourth-order valence-electron chi connectivity index (χ4n) is 2.61. The van der Waals surface area contributed by atoms with Crippen molar-refractivity contribution in [2.24, 2.45) is 0 Å². The van der Waals surface area contributed by atoms with E-state index in [2.05, 4.69) is 5.32 Å². The van der Waals surface area contributed by atoms with Crippen molar-refractivity contribution in [2.45, 2.75) is 77.5 Å². The summed E-state index contributed by atoms with van der Waals surface area (Å²) in [6.07, 6.45) is 0.800. The second-order valence-electron chi connectivity index (χ2n) is 8.60. The lowest BCUT2D eigenvalue weighted by atomic mass is 10.1. The number of ether oxygens (including phenoxy) is 2. The van der Waals surface area contributed by atoms with Gasteiger partial charge in [0, 0.05) is 12.0 Å². The summed E-state index contributed by atoms with van der Waals surface area (Å²) in [5, 5.41) is 2.90. The number of carbonyl (C=O) groups excluding carboxylic acids is 2. The molecule has 2 atom stereocenters. The van der Waals surface area contributed by atoms with Gasteiger partial charge in [0.25, 0.3) is 0 Å². The van der Waals surface area contributed by atoms with E-state index >= 15 is 0 Å². The Kier molecular flexibility index (Phi) is 5.45. The highest BCUT2D eigenvalue weighted by atomic mass is 16.6. The van der Waals surface area contributed by atoms with Gasteiger partial charge < -0.3 is 14.8 Å². The average Bonchev–Trinajstić information content (AvgIpc) is 3.13. The standard InChI is InChI=1S/C20H29NO4/c1-19(2,3)24-17(22)11-13-7-9-14(10-8-13)15-12-16(15)21-18(23)25-20(4,5)6/h7-10,15-16H,11-12H2,1-6H3,(H,21,23)/t15-,16+/m0/s1. The molecule has 0 spiro atoms.